The number of allylic oxidation sites excluding steroid dienone is 2. The molecule has 166 valence electrons. The Kier molecular flexibility index (Phi) is 8.23. The van der Waals surface area contributed by atoms with E-state index in [-0.39, 0.29) is 17.1 Å². The van der Waals surface area contributed by atoms with Gasteiger partial charge in [-0.15, -0.1) is 6.58 Å². The van der Waals surface area contributed by atoms with Crippen molar-refractivity contribution in [2.24, 2.45) is 5.73 Å². The van der Waals surface area contributed by atoms with Crippen LogP contribution in [-0.2, 0) is 10.2 Å². The van der Waals surface area contributed by atoms with E-state index in [1.165, 1.54) is 12.0 Å². The van der Waals surface area contributed by atoms with Crippen LogP contribution in [-0.4, -0.2) is 17.6 Å². The Balaban J connectivity index is 0.000000513. The second kappa shape index (κ2) is 10.5. The normalized spacial score (nSPS) is 14.9. The minimum Gasteiger partial charge on any atom is -0.507 e. The topological polar surface area (TPSA) is 75.3 Å². The SMILES string of the molecule is C=CC.CC(C)=C1C(=O)Nc2cc(O)c(-c3ccc(C4(CN)CC4)cc3)cc21.CCC. The monoisotopic (exact) mass is 420 g/mol. The van der Waals surface area contributed by atoms with Crippen molar-refractivity contribution in [2.45, 2.75) is 59.3 Å². The van der Waals surface area contributed by atoms with E-state index in [4.69, 9.17) is 5.73 Å². The average molecular weight is 421 g/mol. The van der Waals surface area contributed by atoms with Crippen molar-refractivity contribution < 1.29 is 9.90 Å². The lowest BCUT2D eigenvalue weighted by Gasteiger charge is -2.14. The number of hydrogen-bond acceptors (Lipinski definition) is 3. The van der Waals surface area contributed by atoms with Gasteiger partial charge in [-0.05, 0) is 50.8 Å². The van der Waals surface area contributed by atoms with Gasteiger partial charge in [-0.2, -0.15) is 0 Å². The lowest BCUT2D eigenvalue weighted by molar-refractivity contribution is -0.110. The number of rotatable bonds is 3. The standard InChI is InChI=1S/C21H22N2O2.C3H8.C3H6/c1-12(2)19-16-9-15(18(24)10-17(16)23-20(19)25)13-3-5-14(6-4-13)21(11-22)7-8-21;2*1-3-2/h3-6,9-10,24H,7-8,11,22H2,1-2H3,(H,23,25);3H2,1-2H3;3H,1H2,2H3. The Morgan fingerprint density at radius 3 is 2.16 bits per heavy atom. The number of nitrogens with one attached hydrogen (secondary N) is 1. The molecule has 2 aromatic rings. The molecule has 1 saturated carbocycles. The molecule has 0 aromatic heterocycles. The molecule has 4 heteroatoms. The fraction of sp³-hybridized carbons (Fsp3) is 0.370. The summed E-state index contributed by atoms with van der Waals surface area (Å²) in [6.45, 7) is 14.0. The van der Waals surface area contributed by atoms with Crippen molar-refractivity contribution in [3.05, 3.63) is 65.8 Å². The molecule has 2 aliphatic rings. The fourth-order valence-electron chi connectivity index (χ4n) is 3.70. The molecule has 31 heavy (non-hydrogen) atoms. The minimum absolute atomic E-state index is 0.111. The average Bonchev–Trinajstić information content (AvgIpc) is 3.45. The minimum atomic E-state index is -0.111. The van der Waals surface area contributed by atoms with Crippen molar-refractivity contribution in [3.63, 3.8) is 0 Å². The van der Waals surface area contributed by atoms with Gasteiger partial charge in [0.05, 0.1) is 5.69 Å². The van der Waals surface area contributed by atoms with Gasteiger partial charge in [0, 0.05) is 34.7 Å². The number of amides is 1. The fourth-order valence-corrected chi connectivity index (χ4v) is 3.70. The number of aromatic hydroxyl groups is 1. The summed E-state index contributed by atoms with van der Waals surface area (Å²) in [4.78, 5) is 12.2. The second-order valence-corrected chi connectivity index (χ2v) is 8.42. The number of carbonyl (C=O) groups excluding carboxylic acids is 1. The summed E-state index contributed by atoms with van der Waals surface area (Å²) in [5, 5.41) is 13.3. The molecule has 0 bridgehead atoms. The molecule has 4 rings (SSSR count). The van der Waals surface area contributed by atoms with Crippen LogP contribution >= 0.6 is 0 Å². The van der Waals surface area contributed by atoms with Crippen molar-refractivity contribution in [1.82, 2.24) is 0 Å². The molecule has 1 fully saturated rings. The number of carbonyl (C=O) groups is 1. The maximum atomic E-state index is 12.2. The van der Waals surface area contributed by atoms with Gasteiger partial charge >= 0.3 is 0 Å². The first-order chi connectivity index (χ1) is 14.8. The molecule has 1 heterocycles. The van der Waals surface area contributed by atoms with Crippen LogP contribution in [0.15, 0.2) is 54.6 Å². The zero-order valence-corrected chi connectivity index (χ0v) is 19.5. The van der Waals surface area contributed by atoms with Crippen molar-refractivity contribution in [1.29, 1.82) is 0 Å². The van der Waals surface area contributed by atoms with Gasteiger partial charge in [0.25, 0.3) is 5.91 Å². The number of hydrogen-bond donors (Lipinski definition) is 3. The van der Waals surface area contributed by atoms with E-state index < -0.39 is 0 Å². The Bertz CT molecular complexity index is 963. The largest absolute Gasteiger partial charge is 0.507 e. The Morgan fingerprint density at radius 2 is 1.71 bits per heavy atom. The van der Waals surface area contributed by atoms with Gasteiger partial charge in [0.2, 0.25) is 0 Å². The van der Waals surface area contributed by atoms with Gasteiger partial charge in [0.1, 0.15) is 5.75 Å². The van der Waals surface area contributed by atoms with Gasteiger partial charge < -0.3 is 16.2 Å². The highest BCUT2D eigenvalue weighted by Crippen LogP contribution is 2.48. The van der Waals surface area contributed by atoms with Crippen LogP contribution in [0.3, 0.4) is 0 Å². The molecule has 0 atom stereocenters. The van der Waals surface area contributed by atoms with E-state index in [2.05, 4.69) is 37.9 Å². The zero-order valence-electron chi connectivity index (χ0n) is 19.5. The maximum absolute atomic E-state index is 12.2. The molecule has 1 amide bonds. The quantitative estimate of drug-likeness (QED) is 0.397. The second-order valence-electron chi connectivity index (χ2n) is 8.42. The molecular formula is C27H36N2O2. The van der Waals surface area contributed by atoms with Crippen LogP contribution < -0.4 is 11.1 Å². The zero-order chi connectivity index (χ0) is 23.2. The number of phenolic OH excluding ortho intramolecular Hbond substituents is 1. The number of benzene rings is 2. The van der Waals surface area contributed by atoms with Gasteiger partial charge in [-0.25, -0.2) is 0 Å². The number of phenols is 1. The van der Waals surface area contributed by atoms with Crippen LogP contribution in [0.4, 0.5) is 5.69 Å². The van der Waals surface area contributed by atoms with Crippen molar-refractivity contribution in [2.75, 3.05) is 11.9 Å². The number of anilines is 1. The number of fused-ring (bicyclic) bond motifs is 1. The van der Waals surface area contributed by atoms with Crippen LogP contribution in [0, 0.1) is 0 Å². The third kappa shape index (κ3) is 5.26. The summed E-state index contributed by atoms with van der Waals surface area (Å²) in [5.74, 6) is 0.0577. The molecule has 0 radical (unpaired) electrons. The molecule has 0 unspecified atom stereocenters. The summed E-state index contributed by atoms with van der Waals surface area (Å²) in [5.41, 5.74) is 12.2. The van der Waals surface area contributed by atoms with Gasteiger partial charge in [-0.1, -0.05) is 56.2 Å². The van der Waals surface area contributed by atoms with Gasteiger partial charge in [0.15, 0.2) is 0 Å². The van der Waals surface area contributed by atoms with E-state index in [9.17, 15) is 9.90 Å². The smallest absolute Gasteiger partial charge is 0.256 e. The highest BCUT2D eigenvalue weighted by atomic mass is 16.3. The predicted molar refractivity (Wildman–Crippen MR) is 132 cm³/mol. The Morgan fingerprint density at radius 1 is 1.16 bits per heavy atom. The summed E-state index contributed by atoms with van der Waals surface area (Å²) >= 11 is 0. The Hall–Kier alpha value is -2.85. The van der Waals surface area contributed by atoms with Crippen LogP contribution in [0.1, 0.15) is 65.0 Å². The first-order valence-electron chi connectivity index (χ1n) is 11.0. The third-order valence-electron chi connectivity index (χ3n) is 5.43. The molecule has 4 nitrogen and oxygen atoms in total. The van der Waals surface area contributed by atoms with Crippen LogP contribution in [0.25, 0.3) is 16.7 Å². The molecule has 0 saturated heterocycles. The Labute approximate surface area is 186 Å². The molecular weight excluding hydrogens is 384 g/mol. The summed E-state index contributed by atoms with van der Waals surface area (Å²) in [6, 6.07) is 11.8. The first kappa shape index (κ1) is 24.4. The van der Waals surface area contributed by atoms with E-state index in [0.717, 1.165) is 35.1 Å². The molecule has 0 spiro atoms. The lowest BCUT2D eigenvalue weighted by atomic mass is 9.92. The van der Waals surface area contributed by atoms with E-state index in [1.54, 1.807) is 12.1 Å². The first-order valence-corrected chi connectivity index (χ1v) is 11.0. The van der Waals surface area contributed by atoms with Crippen molar-refractivity contribution in [3.8, 4) is 16.9 Å². The summed E-state index contributed by atoms with van der Waals surface area (Å²) in [7, 11) is 0. The molecule has 1 aliphatic heterocycles. The van der Waals surface area contributed by atoms with E-state index >= 15 is 0 Å². The van der Waals surface area contributed by atoms with Crippen molar-refractivity contribution >= 4 is 17.2 Å². The molecule has 2 aromatic carbocycles. The van der Waals surface area contributed by atoms with Gasteiger partial charge in [-0.3, -0.25) is 4.79 Å². The van der Waals surface area contributed by atoms with E-state index in [1.807, 2.05) is 39.0 Å². The predicted octanol–water partition coefficient (Wildman–Crippen LogP) is 6.40. The third-order valence-corrected chi connectivity index (χ3v) is 5.43. The number of nitrogens with two attached hydrogens (primary N) is 1. The molecule has 1 aliphatic carbocycles. The van der Waals surface area contributed by atoms with Crippen LogP contribution in [0.5, 0.6) is 5.75 Å². The maximum Gasteiger partial charge on any atom is 0.256 e. The highest BCUT2D eigenvalue weighted by molar-refractivity contribution is 6.32. The van der Waals surface area contributed by atoms with Crippen LogP contribution in [0.2, 0.25) is 0 Å². The highest BCUT2D eigenvalue weighted by Gasteiger charge is 2.42. The summed E-state index contributed by atoms with van der Waals surface area (Å²) < 4.78 is 0. The van der Waals surface area contributed by atoms with E-state index in [0.29, 0.717) is 17.8 Å². The summed E-state index contributed by atoms with van der Waals surface area (Å²) in [6.07, 6.45) is 5.29. The lowest BCUT2D eigenvalue weighted by Crippen LogP contribution is -2.19. The molecule has 4 N–H and O–H groups in total.